The van der Waals surface area contributed by atoms with Crippen molar-refractivity contribution in [2.45, 2.75) is 44.9 Å². The van der Waals surface area contributed by atoms with E-state index in [4.69, 9.17) is 0 Å². The Morgan fingerprint density at radius 1 is 0.893 bits per heavy atom. The first-order valence-corrected chi connectivity index (χ1v) is 10.6. The van der Waals surface area contributed by atoms with Gasteiger partial charge in [-0.05, 0) is 24.5 Å². The topological polar surface area (TPSA) is 53.5 Å². The molecule has 0 atom stereocenters. The molecule has 1 aliphatic carbocycles. The third-order valence-electron chi connectivity index (χ3n) is 6.23. The average Bonchev–Trinajstić information content (AvgIpc) is 2.77. The molecule has 1 saturated heterocycles. The fourth-order valence-electron chi connectivity index (χ4n) is 4.47. The molecule has 1 aliphatic heterocycles. The molecule has 0 radical (unpaired) electrons. The van der Waals surface area contributed by atoms with Crippen molar-refractivity contribution < 1.29 is 9.59 Å². The molecule has 2 fully saturated rings. The summed E-state index contributed by atoms with van der Waals surface area (Å²) in [5.41, 5.74) is 1.32. The quantitative estimate of drug-likeness (QED) is 0.810. The maximum atomic E-state index is 12.8. The van der Waals surface area contributed by atoms with Crippen molar-refractivity contribution in [3.63, 3.8) is 0 Å². The molecule has 0 spiro atoms. The van der Waals surface area contributed by atoms with Crippen LogP contribution in [0.2, 0.25) is 0 Å². The molecule has 148 valence electrons. The largest absolute Gasteiger partial charge is 0.339 e. The van der Waals surface area contributed by atoms with E-state index in [2.05, 4.69) is 4.98 Å². The number of nitrogens with zero attached hydrogens (tertiary/aromatic N) is 3. The van der Waals surface area contributed by atoms with Gasteiger partial charge in [0.2, 0.25) is 5.91 Å². The molecule has 2 amide bonds. The first-order chi connectivity index (χ1) is 13.7. The van der Waals surface area contributed by atoms with Crippen LogP contribution >= 0.6 is 0 Å². The number of para-hydroxylation sites is 1. The summed E-state index contributed by atoms with van der Waals surface area (Å²) in [6.45, 7) is 2.43. The Morgan fingerprint density at radius 3 is 2.39 bits per heavy atom. The second-order valence-electron chi connectivity index (χ2n) is 8.10. The van der Waals surface area contributed by atoms with Crippen LogP contribution in [0.4, 0.5) is 0 Å². The van der Waals surface area contributed by atoms with E-state index in [9.17, 15) is 9.59 Å². The summed E-state index contributed by atoms with van der Waals surface area (Å²) in [4.78, 5) is 33.6. The molecule has 0 N–H and O–H groups in total. The lowest BCUT2D eigenvalue weighted by atomic mass is 9.86. The molecule has 1 aromatic carbocycles. The number of hydrogen-bond donors (Lipinski definition) is 0. The van der Waals surface area contributed by atoms with E-state index in [1.54, 1.807) is 6.07 Å². The van der Waals surface area contributed by atoms with E-state index in [1.807, 2.05) is 40.1 Å². The zero-order chi connectivity index (χ0) is 19.3. The summed E-state index contributed by atoms with van der Waals surface area (Å²) in [6, 6.07) is 11.6. The molecule has 0 bridgehead atoms. The molecule has 0 unspecified atom stereocenters. The highest BCUT2D eigenvalue weighted by Gasteiger charge is 2.26. The standard InChI is InChI=1S/C23H29N3O2/c27-22(13-10-18-6-2-1-3-7-18)25-14-16-26(17-15-25)23(28)21-12-11-19-8-4-5-9-20(19)24-21/h4-5,8-9,11-12,18H,1-3,6-7,10,13-17H2. The maximum absolute atomic E-state index is 12.8. The number of pyridine rings is 1. The first kappa shape index (κ1) is 18.9. The molecule has 5 heteroatoms. The SMILES string of the molecule is O=C(CCC1CCCCC1)N1CCN(C(=O)c2ccc3ccccc3n2)CC1. The molecule has 1 aromatic heterocycles. The normalized spacial score (nSPS) is 18.4. The van der Waals surface area contributed by atoms with E-state index in [-0.39, 0.29) is 11.8 Å². The maximum Gasteiger partial charge on any atom is 0.272 e. The molecule has 2 aliphatic rings. The number of benzene rings is 1. The number of piperazine rings is 1. The fourth-order valence-corrected chi connectivity index (χ4v) is 4.47. The van der Waals surface area contributed by atoms with Gasteiger partial charge in [0.05, 0.1) is 5.52 Å². The van der Waals surface area contributed by atoms with Gasteiger partial charge in [0.15, 0.2) is 0 Å². The average molecular weight is 380 g/mol. The van der Waals surface area contributed by atoms with Gasteiger partial charge in [0.1, 0.15) is 5.69 Å². The second kappa shape index (κ2) is 8.72. The van der Waals surface area contributed by atoms with E-state index >= 15 is 0 Å². The summed E-state index contributed by atoms with van der Waals surface area (Å²) in [6.07, 6.45) is 8.25. The second-order valence-corrected chi connectivity index (χ2v) is 8.10. The minimum absolute atomic E-state index is 0.0416. The molecule has 2 heterocycles. The van der Waals surface area contributed by atoms with Crippen LogP contribution < -0.4 is 0 Å². The van der Waals surface area contributed by atoms with Gasteiger partial charge < -0.3 is 9.80 Å². The van der Waals surface area contributed by atoms with Crippen LogP contribution in [0, 0.1) is 5.92 Å². The first-order valence-electron chi connectivity index (χ1n) is 10.6. The highest BCUT2D eigenvalue weighted by molar-refractivity contribution is 5.95. The zero-order valence-electron chi connectivity index (χ0n) is 16.5. The zero-order valence-corrected chi connectivity index (χ0v) is 16.5. The molecular weight excluding hydrogens is 350 g/mol. The van der Waals surface area contributed by atoms with Crippen molar-refractivity contribution in [3.05, 3.63) is 42.1 Å². The summed E-state index contributed by atoms with van der Waals surface area (Å²) < 4.78 is 0. The van der Waals surface area contributed by atoms with Gasteiger partial charge >= 0.3 is 0 Å². The third-order valence-corrected chi connectivity index (χ3v) is 6.23. The van der Waals surface area contributed by atoms with E-state index < -0.39 is 0 Å². The summed E-state index contributed by atoms with van der Waals surface area (Å²) in [5, 5.41) is 1.03. The third kappa shape index (κ3) is 4.34. The highest BCUT2D eigenvalue weighted by atomic mass is 16.2. The summed E-state index contributed by atoms with van der Waals surface area (Å²) in [5.74, 6) is 0.945. The van der Waals surface area contributed by atoms with Gasteiger partial charge in [-0.15, -0.1) is 0 Å². The minimum Gasteiger partial charge on any atom is -0.339 e. The fraction of sp³-hybridized carbons (Fsp3) is 0.522. The minimum atomic E-state index is -0.0416. The lowest BCUT2D eigenvalue weighted by Gasteiger charge is -2.35. The predicted molar refractivity (Wildman–Crippen MR) is 110 cm³/mol. The van der Waals surface area contributed by atoms with Crippen molar-refractivity contribution >= 4 is 22.7 Å². The van der Waals surface area contributed by atoms with E-state index in [0.29, 0.717) is 38.3 Å². The van der Waals surface area contributed by atoms with Crippen LogP contribution in [0.3, 0.4) is 0 Å². The Kier molecular flexibility index (Phi) is 5.89. The molecular formula is C23H29N3O2. The van der Waals surface area contributed by atoms with Crippen LogP contribution in [0.5, 0.6) is 0 Å². The number of carbonyl (C=O) groups is 2. The number of rotatable bonds is 4. The van der Waals surface area contributed by atoms with Gasteiger partial charge in [0.25, 0.3) is 5.91 Å². The molecule has 5 nitrogen and oxygen atoms in total. The lowest BCUT2D eigenvalue weighted by Crippen LogP contribution is -2.50. The van der Waals surface area contributed by atoms with Gasteiger partial charge in [-0.2, -0.15) is 0 Å². The summed E-state index contributed by atoms with van der Waals surface area (Å²) >= 11 is 0. The molecule has 4 rings (SSSR count). The Labute approximate surface area is 166 Å². The Morgan fingerprint density at radius 2 is 1.61 bits per heavy atom. The van der Waals surface area contributed by atoms with Crippen LogP contribution in [-0.4, -0.2) is 52.8 Å². The van der Waals surface area contributed by atoms with Crippen molar-refractivity contribution in [2.75, 3.05) is 26.2 Å². The predicted octanol–water partition coefficient (Wildman–Crippen LogP) is 3.88. The highest BCUT2D eigenvalue weighted by Crippen LogP contribution is 2.27. The Bertz CT molecular complexity index is 837. The lowest BCUT2D eigenvalue weighted by molar-refractivity contribution is -0.133. The van der Waals surface area contributed by atoms with E-state index in [0.717, 1.165) is 23.2 Å². The number of fused-ring (bicyclic) bond motifs is 1. The smallest absolute Gasteiger partial charge is 0.272 e. The van der Waals surface area contributed by atoms with Crippen molar-refractivity contribution in [1.29, 1.82) is 0 Å². The van der Waals surface area contributed by atoms with Gasteiger partial charge in [0, 0.05) is 38.0 Å². The van der Waals surface area contributed by atoms with Gasteiger partial charge in [-0.1, -0.05) is 56.4 Å². The molecule has 28 heavy (non-hydrogen) atoms. The number of aromatic nitrogens is 1. The van der Waals surface area contributed by atoms with E-state index in [1.165, 1.54) is 32.1 Å². The van der Waals surface area contributed by atoms with Gasteiger partial charge in [-0.25, -0.2) is 4.98 Å². The number of hydrogen-bond acceptors (Lipinski definition) is 3. The van der Waals surface area contributed by atoms with Crippen molar-refractivity contribution in [3.8, 4) is 0 Å². The van der Waals surface area contributed by atoms with Gasteiger partial charge in [-0.3, -0.25) is 9.59 Å². The molecule has 1 saturated carbocycles. The van der Waals surface area contributed by atoms with Crippen molar-refractivity contribution in [2.24, 2.45) is 5.92 Å². The van der Waals surface area contributed by atoms with Crippen LogP contribution in [-0.2, 0) is 4.79 Å². The van der Waals surface area contributed by atoms with Crippen LogP contribution in [0.25, 0.3) is 10.9 Å². The van der Waals surface area contributed by atoms with Crippen LogP contribution in [0.15, 0.2) is 36.4 Å². The summed E-state index contributed by atoms with van der Waals surface area (Å²) in [7, 11) is 0. The molecule has 2 aromatic rings. The van der Waals surface area contributed by atoms with Crippen LogP contribution in [0.1, 0.15) is 55.4 Å². The Balaban J connectivity index is 1.29. The van der Waals surface area contributed by atoms with Crippen molar-refractivity contribution in [1.82, 2.24) is 14.8 Å². The number of carbonyl (C=O) groups excluding carboxylic acids is 2. The monoisotopic (exact) mass is 379 g/mol. The number of amides is 2. The Hall–Kier alpha value is -2.43.